The van der Waals surface area contributed by atoms with Crippen LogP contribution in [0.2, 0.25) is 0 Å². The Balaban J connectivity index is 1.82. The van der Waals surface area contributed by atoms with Gasteiger partial charge in [0.1, 0.15) is 0 Å². The van der Waals surface area contributed by atoms with Gasteiger partial charge in [-0.15, -0.1) is 0 Å². The molecule has 0 aliphatic carbocycles. The molecule has 0 radical (unpaired) electrons. The molecule has 0 amide bonds. The van der Waals surface area contributed by atoms with Gasteiger partial charge in [-0.25, -0.2) is 4.79 Å². The zero-order valence-corrected chi connectivity index (χ0v) is 12.9. The lowest BCUT2D eigenvalue weighted by Gasteiger charge is -2.29. The van der Waals surface area contributed by atoms with Crippen molar-refractivity contribution in [2.45, 2.75) is 19.3 Å². The van der Waals surface area contributed by atoms with Gasteiger partial charge in [0, 0.05) is 6.54 Å². The van der Waals surface area contributed by atoms with Crippen LogP contribution < -0.4 is 11.1 Å². The number of likely N-dealkylation sites (tertiary alicyclic amines) is 1. The maximum Gasteiger partial charge on any atom is 0.337 e. The Morgan fingerprint density at radius 2 is 2.14 bits per heavy atom. The maximum atomic E-state index is 11.4. The number of ether oxygens (including phenoxy) is 1. The van der Waals surface area contributed by atoms with Gasteiger partial charge in [-0.05, 0) is 63.5 Å². The highest BCUT2D eigenvalue weighted by atomic mass is 16.5. The van der Waals surface area contributed by atoms with Crippen LogP contribution in [-0.4, -0.2) is 44.7 Å². The molecular weight excluding hydrogens is 266 g/mol. The molecule has 1 aromatic carbocycles. The number of esters is 1. The molecule has 1 aromatic rings. The van der Waals surface area contributed by atoms with E-state index in [-0.39, 0.29) is 5.97 Å². The van der Waals surface area contributed by atoms with Crippen LogP contribution in [0.15, 0.2) is 18.2 Å². The van der Waals surface area contributed by atoms with E-state index in [0.29, 0.717) is 11.3 Å². The van der Waals surface area contributed by atoms with Gasteiger partial charge in [0.05, 0.1) is 24.0 Å². The van der Waals surface area contributed by atoms with Crippen molar-refractivity contribution in [3.63, 3.8) is 0 Å². The molecule has 21 heavy (non-hydrogen) atoms. The average Bonchev–Trinajstić information content (AvgIpc) is 2.50. The first-order chi connectivity index (χ1) is 10.1. The fourth-order valence-electron chi connectivity index (χ4n) is 2.73. The molecule has 0 unspecified atom stereocenters. The number of nitrogens with zero attached hydrogens (tertiary/aromatic N) is 1. The number of carbonyl (C=O) groups is 1. The van der Waals surface area contributed by atoms with Gasteiger partial charge in [0.25, 0.3) is 0 Å². The summed E-state index contributed by atoms with van der Waals surface area (Å²) in [6.45, 7) is 3.30. The topological polar surface area (TPSA) is 67.6 Å². The molecular formula is C16H25N3O2. The van der Waals surface area contributed by atoms with Gasteiger partial charge in [-0.3, -0.25) is 0 Å². The maximum absolute atomic E-state index is 11.4. The summed E-state index contributed by atoms with van der Waals surface area (Å²) in [4.78, 5) is 13.8. The van der Waals surface area contributed by atoms with Crippen molar-refractivity contribution in [2.24, 2.45) is 5.92 Å². The summed E-state index contributed by atoms with van der Waals surface area (Å²) in [6, 6.07) is 5.24. The number of hydrogen-bond acceptors (Lipinski definition) is 5. The Bertz CT molecular complexity index is 482. The van der Waals surface area contributed by atoms with Crippen molar-refractivity contribution in [1.29, 1.82) is 0 Å². The molecule has 1 saturated heterocycles. The van der Waals surface area contributed by atoms with Crippen LogP contribution >= 0.6 is 0 Å². The first kappa shape index (κ1) is 15.6. The number of nitrogens with one attached hydrogen (secondary N) is 1. The van der Waals surface area contributed by atoms with E-state index in [1.54, 1.807) is 12.1 Å². The molecule has 5 nitrogen and oxygen atoms in total. The standard InChI is InChI=1S/C16H25N3O2/c1-19-9-6-12(7-10-19)5-8-18-15-4-3-13(11-14(15)17)16(20)21-2/h3-4,11-12,18H,5-10,17H2,1-2H3. The van der Waals surface area contributed by atoms with Crippen LogP contribution in [0.3, 0.4) is 0 Å². The fourth-order valence-corrected chi connectivity index (χ4v) is 2.73. The number of piperidine rings is 1. The summed E-state index contributed by atoms with van der Waals surface area (Å²) >= 11 is 0. The predicted molar refractivity (Wildman–Crippen MR) is 85.5 cm³/mol. The second-order valence-corrected chi connectivity index (χ2v) is 5.76. The van der Waals surface area contributed by atoms with Crippen LogP contribution in [0, 0.1) is 5.92 Å². The lowest BCUT2D eigenvalue weighted by Crippen LogP contribution is -2.30. The van der Waals surface area contributed by atoms with Gasteiger partial charge < -0.3 is 20.7 Å². The molecule has 1 heterocycles. The first-order valence-corrected chi connectivity index (χ1v) is 7.50. The highest BCUT2D eigenvalue weighted by Gasteiger charge is 2.16. The smallest absolute Gasteiger partial charge is 0.337 e. The van der Waals surface area contributed by atoms with Gasteiger partial charge in [0.15, 0.2) is 0 Å². The molecule has 1 fully saturated rings. The molecule has 3 N–H and O–H groups in total. The summed E-state index contributed by atoms with van der Waals surface area (Å²) in [5.74, 6) is 0.434. The zero-order chi connectivity index (χ0) is 15.2. The van der Waals surface area contributed by atoms with Crippen molar-refractivity contribution in [3.05, 3.63) is 23.8 Å². The summed E-state index contributed by atoms with van der Waals surface area (Å²) in [6.07, 6.45) is 3.70. The van der Waals surface area contributed by atoms with E-state index < -0.39 is 0 Å². The Kier molecular flexibility index (Phi) is 5.44. The number of rotatable bonds is 5. The van der Waals surface area contributed by atoms with Gasteiger partial charge in [-0.2, -0.15) is 0 Å². The first-order valence-electron chi connectivity index (χ1n) is 7.50. The van der Waals surface area contributed by atoms with Crippen LogP contribution in [0.5, 0.6) is 0 Å². The molecule has 0 atom stereocenters. The second-order valence-electron chi connectivity index (χ2n) is 5.76. The number of anilines is 2. The number of nitrogen functional groups attached to an aromatic ring is 1. The third kappa shape index (κ3) is 4.36. The molecule has 2 rings (SSSR count). The lowest BCUT2D eigenvalue weighted by atomic mass is 9.94. The Labute approximate surface area is 126 Å². The molecule has 0 spiro atoms. The molecule has 0 aromatic heterocycles. The highest BCUT2D eigenvalue weighted by molar-refractivity contribution is 5.91. The quantitative estimate of drug-likeness (QED) is 0.643. The van der Waals surface area contributed by atoms with Crippen LogP contribution in [0.4, 0.5) is 11.4 Å². The fraction of sp³-hybridized carbons (Fsp3) is 0.562. The monoisotopic (exact) mass is 291 g/mol. The van der Waals surface area contributed by atoms with Crippen molar-refractivity contribution in [3.8, 4) is 0 Å². The number of hydrogen-bond donors (Lipinski definition) is 2. The summed E-state index contributed by atoms with van der Waals surface area (Å²) in [5.41, 5.74) is 7.93. The van der Waals surface area contributed by atoms with E-state index >= 15 is 0 Å². The van der Waals surface area contributed by atoms with Crippen LogP contribution in [-0.2, 0) is 4.74 Å². The van der Waals surface area contributed by atoms with Crippen molar-refractivity contribution >= 4 is 17.3 Å². The molecule has 0 saturated carbocycles. The van der Waals surface area contributed by atoms with Gasteiger partial charge in [0.2, 0.25) is 0 Å². The van der Waals surface area contributed by atoms with E-state index in [4.69, 9.17) is 5.73 Å². The Hall–Kier alpha value is -1.75. The van der Waals surface area contributed by atoms with E-state index in [9.17, 15) is 4.79 Å². The predicted octanol–water partition coefficient (Wildman–Crippen LogP) is 2.20. The van der Waals surface area contributed by atoms with Crippen molar-refractivity contribution < 1.29 is 9.53 Å². The Morgan fingerprint density at radius 1 is 1.43 bits per heavy atom. The molecule has 1 aliphatic rings. The summed E-state index contributed by atoms with van der Waals surface area (Å²) in [7, 11) is 3.55. The number of benzene rings is 1. The van der Waals surface area contributed by atoms with Crippen molar-refractivity contribution in [2.75, 3.05) is 44.8 Å². The lowest BCUT2D eigenvalue weighted by molar-refractivity contribution is 0.0601. The SMILES string of the molecule is COC(=O)c1ccc(NCCC2CCN(C)CC2)c(N)c1. The average molecular weight is 291 g/mol. The van der Waals surface area contributed by atoms with Crippen LogP contribution in [0.25, 0.3) is 0 Å². The van der Waals surface area contributed by atoms with E-state index in [1.807, 2.05) is 6.07 Å². The van der Waals surface area contributed by atoms with E-state index in [2.05, 4.69) is 22.0 Å². The summed E-state index contributed by atoms with van der Waals surface area (Å²) in [5, 5.41) is 3.36. The molecule has 1 aliphatic heterocycles. The second kappa shape index (κ2) is 7.31. The normalized spacial score (nSPS) is 16.7. The van der Waals surface area contributed by atoms with Gasteiger partial charge in [-0.1, -0.05) is 0 Å². The molecule has 0 bridgehead atoms. The highest BCUT2D eigenvalue weighted by Crippen LogP contribution is 2.23. The van der Waals surface area contributed by atoms with Crippen molar-refractivity contribution in [1.82, 2.24) is 4.90 Å². The van der Waals surface area contributed by atoms with Gasteiger partial charge >= 0.3 is 5.97 Å². The largest absolute Gasteiger partial charge is 0.465 e. The van der Waals surface area contributed by atoms with E-state index in [1.165, 1.54) is 33.0 Å². The summed E-state index contributed by atoms with van der Waals surface area (Å²) < 4.78 is 4.68. The minimum Gasteiger partial charge on any atom is -0.465 e. The minimum atomic E-state index is -0.362. The van der Waals surface area contributed by atoms with E-state index in [0.717, 1.165) is 24.6 Å². The third-order valence-electron chi connectivity index (χ3n) is 4.18. The molecule has 5 heteroatoms. The third-order valence-corrected chi connectivity index (χ3v) is 4.18. The number of carbonyl (C=O) groups excluding carboxylic acids is 1. The number of nitrogens with two attached hydrogens (primary N) is 1. The molecule has 116 valence electrons. The Morgan fingerprint density at radius 3 is 2.76 bits per heavy atom. The zero-order valence-electron chi connectivity index (χ0n) is 12.9. The minimum absolute atomic E-state index is 0.362. The number of methoxy groups -OCH3 is 1. The van der Waals surface area contributed by atoms with Crippen LogP contribution in [0.1, 0.15) is 29.6 Å².